The van der Waals surface area contributed by atoms with Crippen LogP contribution < -0.4 is 4.90 Å². The molecule has 2 amide bonds. The van der Waals surface area contributed by atoms with Gasteiger partial charge in [0.25, 0.3) is 0 Å². The van der Waals surface area contributed by atoms with Crippen molar-refractivity contribution in [2.24, 2.45) is 0 Å². The van der Waals surface area contributed by atoms with E-state index in [1.807, 2.05) is 66.1 Å². The van der Waals surface area contributed by atoms with Gasteiger partial charge in [-0.1, -0.05) is 42.5 Å². The molecule has 0 spiro atoms. The molecule has 0 saturated carbocycles. The molecule has 4 aromatic rings. The molecule has 1 atom stereocenters. The van der Waals surface area contributed by atoms with Crippen LogP contribution in [0.25, 0.3) is 11.0 Å². The molecule has 178 valence electrons. The van der Waals surface area contributed by atoms with Crippen LogP contribution in [0.1, 0.15) is 30.7 Å². The Bertz CT molecular complexity index is 1350. The Kier molecular flexibility index (Phi) is 6.31. The predicted octanol–water partition coefficient (Wildman–Crippen LogP) is 4.74. The number of fused-ring (bicyclic) bond motifs is 1. The molecule has 0 aliphatic carbocycles. The zero-order valence-corrected chi connectivity index (χ0v) is 19.6. The van der Waals surface area contributed by atoms with E-state index in [0.717, 1.165) is 28.1 Å². The van der Waals surface area contributed by atoms with Gasteiger partial charge in [0.1, 0.15) is 18.2 Å². The Balaban J connectivity index is 1.42. The third-order valence-corrected chi connectivity index (χ3v) is 6.53. The summed E-state index contributed by atoms with van der Waals surface area (Å²) in [7, 11) is 0. The van der Waals surface area contributed by atoms with Crippen LogP contribution in [0.15, 0.2) is 78.9 Å². The molecule has 0 N–H and O–H groups in total. The maximum Gasteiger partial charge on any atom is 0.246 e. The van der Waals surface area contributed by atoms with Gasteiger partial charge in [-0.05, 0) is 48.9 Å². The van der Waals surface area contributed by atoms with Gasteiger partial charge in [-0.2, -0.15) is 0 Å². The summed E-state index contributed by atoms with van der Waals surface area (Å²) in [4.78, 5) is 34.7. The summed E-state index contributed by atoms with van der Waals surface area (Å²) in [5.74, 6) is 0.322. The Hall–Kier alpha value is -4.00. The minimum atomic E-state index is -0.297. The summed E-state index contributed by atoms with van der Waals surface area (Å²) in [5.41, 5.74) is 3.42. The topological polar surface area (TPSA) is 58.4 Å². The second-order valence-corrected chi connectivity index (χ2v) is 8.82. The van der Waals surface area contributed by atoms with Gasteiger partial charge < -0.3 is 14.4 Å². The largest absolute Gasteiger partial charge is 0.338 e. The van der Waals surface area contributed by atoms with Gasteiger partial charge in [-0.25, -0.2) is 9.37 Å². The number of para-hydroxylation sites is 3. The van der Waals surface area contributed by atoms with E-state index < -0.39 is 0 Å². The number of carbonyl (C=O) groups is 2. The number of amides is 2. The number of benzene rings is 3. The van der Waals surface area contributed by atoms with E-state index in [1.54, 1.807) is 21.9 Å². The lowest BCUT2D eigenvalue weighted by atomic mass is 10.1. The molecule has 0 bridgehead atoms. The Morgan fingerprint density at radius 1 is 1.03 bits per heavy atom. The lowest BCUT2D eigenvalue weighted by Crippen LogP contribution is -2.34. The van der Waals surface area contributed by atoms with Gasteiger partial charge in [0.15, 0.2) is 0 Å². The van der Waals surface area contributed by atoms with Crippen molar-refractivity contribution in [2.75, 3.05) is 18.0 Å². The van der Waals surface area contributed by atoms with Crippen molar-refractivity contribution in [3.05, 3.63) is 96.1 Å². The molecular weight excluding hydrogens is 443 g/mol. The number of carbonyl (C=O) groups excluding carboxylic acids is 2. The smallest absolute Gasteiger partial charge is 0.246 e. The molecule has 1 unspecified atom stereocenters. The van der Waals surface area contributed by atoms with Gasteiger partial charge in [-0.3, -0.25) is 9.59 Å². The van der Waals surface area contributed by atoms with Gasteiger partial charge in [0.2, 0.25) is 11.8 Å². The lowest BCUT2D eigenvalue weighted by molar-refractivity contribution is -0.128. The highest BCUT2D eigenvalue weighted by Crippen LogP contribution is 2.31. The lowest BCUT2D eigenvalue weighted by Gasteiger charge is -2.23. The van der Waals surface area contributed by atoms with E-state index >= 15 is 0 Å². The third-order valence-electron chi connectivity index (χ3n) is 6.53. The third kappa shape index (κ3) is 4.67. The van der Waals surface area contributed by atoms with Crippen LogP contribution >= 0.6 is 0 Å². The number of hydrogen-bond donors (Lipinski definition) is 0. The van der Waals surface area contributed by atoms with E-state index in [1.165, 1.54) is 12.1 Å². The summed E-state index contributed by atoms with van der Waals surface area (Å²) in [6.07, 6.45) is 0.328. The summed E-state index contributed by atoms with van der Waals surface area (Å²) < 4.78 is 15.2. The molecule has 1 aliphatic heterocycles. The fraction of sp³-hybridized carbons (Fsp3) is 0.250. The molecule has 1 aromatic heterocycles. The van der Waals surface area contributed by atoms with Crippen LogP contribution in [0.3, 0.4) is 0 Å². The zero-order chi connectivity index (χ0) is 24.4. The minimum absolute atomic E-state index is 0.0312. The number of hydrogen-bond acceptors (Lipinski definition) is 3. The molecule has 1 saturated heterocycles. The molecule has 5 rings (SSSR count). The van der Waals surface area contributed by atoms with E-state index in [4.69, 9.17) is 4.98 Å². The van der Waals surface area contributed by atoms with Gasteiger partial charge in [-0.15, -0.1) is 0 Å². The first-order valence-electron chi connectivity index (χ1n) is 11.9. The Morgan fingerprint density at radius 2 is 1.74 bits per heavy atom. The predicted molar refractivity (Wildman–Crippen MR) is 133 cm³/mol. The fourth-order valence-electron chi connectivity index (χ4n) is 4.81. The summed E-state index contributed by atoms with van der Waals surface area (Å²) in [6.45, 7) is 3.58. The van der Waals surface area contributed by atoms with Crippen LogP contribution in [0.4, 0.5) is 10.1 Å². The van der Waals surface area contributed by atoms with Crippen molar-refractivity contribution >= 4 is 28.5 Å². The summed E-state index contributed by atoms with van der Waals surface area (Å²) >= 11 is 0. The van der Waals surface area contributed by atoms with Crippen LogP contribution in [-0.4, -0.2) is 39.4 Å². The number of rotatable bonds is 7. The monoisotopic (exact) mass is 470 g/mol. The molecule has 1 aliphatic rings. The number of likely N-dealkylation sites (N-methyl/N-ethyl adjacent to an activating group) is 1. The summed E-state index contributed by atoms with van der Waals surface area (Å²) in [6, 6.07) is 23.6. The number of imidazole rings is 1. The first kappa shape index (κ1) is 22.8. The number of nitrogens with zero attached hydrogens (tertiary/aromatic N) is 4. The maximum absolute atomic E-state index is 13.4. The molecular formula is C28H27FN4O2. The molecule has 35 heavy (non-hydrogen) atoms. The van der Waals surface area contributed by atoms with Crippen molar-refractivity contribution in [1.29, 1.82) is 0 Å². The highest BCUT2D eigenvalue weighted by Gasteiger charge is 2.34. The second kappa shape index (κ2) is 9.70. The Labute approximate surface area is 203 Å². The van der Waals surface area contributed by atoms with Gasteiger partial charge >= 0.3 is 0 Å². The SMILES string of the molecule is CCN(C(=O)Cn1c(C2CC(=O)N(Cc3ccc(F)cc3)C2)nc2ccccc21)c1ccccc1. The number of anilines is 1. The molecule has 1 fully saturated rings. The average molecular weight is 471 g/mol. The fourth-order valence-corrected chi connectivity index (χ4v) is 4.81. The highest BCUT2D eigenvalue weighted by molar-refractivity contribution is 5.94. The van der Waals surface area contributed by atoms with Crippen LogP contribution in [0.5, 0.6) is 0 Å². The number of aromatic nitrogens is 2. The number of likely N-dealkylation sites (tertiary alicyclic amines) is 1. The zero-order valence-electron chi connectivity index (χ0n) is 19.6. The maximum atomic E-state index is 13.4. The van der Waals surface area contributed by atoms with E-state index in [2.05, 4.69) is 0 Å². The quantitative estimate of drug-likeness (QED) is 0.392. The standard InChI is InChI=1S/C28H27FN4O2/c1-2-32(23-8-4-3-5-9-23)27(35)19-33-25-11-7-6-10-24(25)30-28(33)21-16-26(34)31(18-21)17-20-12-14-22(29)15-13-20/h3-15,21H,2,16-19H2,1H3. The van der Waals surface area contributed by atoms with E-state index in [9.17, 15) is 14.0 Å². The number of halogens is 1. The van der Waals surface area contributed by atoms with Gasteiger partial charge in [0.05, 0.1) is 11.0 Å². The van der Waals surface area contributed by atoms with Crippen LogP contribution in [0, 0.1) is 5.82 Å². The normalized spacial score (nSPS) is 15.7. The molecule has 0 radical (unpaired) electrons. The molecule has 2 heterocycles. The van der Waals surface area contributed by atoms with Gasteiger partial charge in [0, 0.05) is 37.7 Å². The summed E-state index contributed by atoms with van der Waals surface area (Å²) in [5, 5.41) is 0. The molecule has 7 heteroatoms. The van der Waals surface area contributed by atoms with Crippen molar-refractivity contribution in [1.82, 2.24) is 14.5 Å². The minimum Gasteiger partial charge on any atom is -0.338 e. The first-order valence-corrected chi connectivity index (χ1v) is 11.9. The van der Waals surface area contributed by atoms with Crippen molar-refractivity contribution in [2.45, 2.75) is 32.4 Å². The van der Waals surface area contributed by atoms with E-state index in [0.29, 0.717) is 26.1 Å². The molecule has 3 aromatic carbocycles. The Morgan fingerprint density at radius 3 is 2.49 bits per heavy atom. The van der Waals surface area contributed by atoms with Crippen molar-refractivity contribution in [3.63, 3.8) is 0 Å². The van der Waals surface area contributed by atoms with Crippen molar-refractivity contribution < 1.29 is 14.0 Å². The highest BCUT2D eigenvalue weighted by atomic mass is 19.1. The van der Waals surface area contributed by atoms with Crippen molar-refractivity contribution in [3.8, 4) is 0 Å². The van der Waals surface area contributed by atoms with E-state index in [-0.39, 0.29) is 30.1 Å². The second-order valence-electron chi connectivity index (χ2n) is 8.82. The van der Waals surface area contributed by atoms with Crippen LogP contribution in [-0.2, 0) is 22.7 Å². The average Bonchev–Trinajstić information content (AvgIpc) is 3.42. The van der Waals surface area contributed by atoms with Crippen LogP contribution in [0.2, 0.25) is 0 Å². The first-order chi connectivity index (χ1) is 17.0. The molecule has 6 nitrogen and oxygen atoms in total.